The Morgan fingerprint density at radius 1 is 1.53 bits per heavy atom. The molecule has 1 aliphatic heterocycles. The van der Waals surface area contributed by atoms with Crippen LogP contribution >= 0.6 is 12.2 Å². The Labute approximate surface area is 116 Å². The third kappa shape index (κ3) is 2.17. The lowest BCUT2D eigenvalue weighted by molar-refractivity contribution is 0.185. The summed E-state index contributed by atoms with van der Waals surface area (Å²) in [6.45, 7) is 1.90. The number of aromatic amines is 1. The van der Waals surface area contributed by atoms with Crippen LogP contribution in [-0.2, 0) is 11.3 Å². The summed E-state index contributed by atoms with van der Waals surface area (Å²) in [5.41, 5.74) is 1.16. The van der Waals surface area contributed by atoms with Gasteiger partial charge in [-0.15, -0.1) is 0 Å². The predicted molar refractivity (Wildman–Crippen MR) is 73.1 cm³/mol. The molecular weight excluding hydrogens is 262 g/mol. The van der Waals surface area contributed by atoms with Crippen molar-refractivity contribution in [2.24, 2.45) is 0 Å². The van der Waals surface area contributed by atoms with Crippen LogP contribution in [0, 0.1) is 4.77 Å². The zero-order valence-electron chi connectivity index (χ0n) is 10.6. The number of ether oxygens (including phenoxy) is 2. The number of nitrogens with one attached hydrogen (secondary N) is 1. The van der Waals surface area contributed by atoms with E-state index in [1.165, 1.54) is 0 Å². The van der Waals surface area contributed by atoms with E-state index in [0.717, 1.165) is 17.1 Å². The van der Waals surface area contributed by atoms with Crippen molar-refractivity contribution in [3.8, 4) is 5.75 Å². The second-order valence-corrected chi connectivity index (χ2v) is 4.82. The molecule has 5 nitrogen and oxygen atoms in total. The molecule has 0 saturated carbocycles. The first-order chi connectivity index (χ1) is 9.31. The summed E-state index contributed by atoms with van der Waals surface area (Å²) in [6, 6.07) is 8.05. The molecule has 1 N–H and O–H groups in total. The van der Waals surface area contributed by atoms with Gasteiger partial charge in [0.1, 0.15) is 18.2 Å². The Balaban J connectivity index is 1.98. The monoisotopic (exact) mass is 277 g/mol. The molecule has 2 heterocycles. The van der Waals surface area contributed by atoms with E-state index < -0.39 is 0 Å². The highest BCUT2D eigenvalue weighted by Gasteiger charge is 2.29. The minimum absolute atomic E-state index is 0.126. The van der Waals surface area contributed by atoms with Gasteiger partial charge in [-0.3, -0.25) is 5.10 Å². The van der Waals surface area contributed by atoms with Crippen LogP contribution in [0.15, 0.2) is 24.3 Å². The Kier molecular flexibility index (Phi) is 3.35. The predicted octanol–water partition coefficient (Wildman–Crippen LogP) is 2.11. The summed E-state index contributed by atoms with van der Waals surface area (Å²) in [7, 11) is 1.68. The normalized spacial score (nSPS) is 17.2. The van der Waals surface area contributed by atoms with E-state index in [1.54, 1.807) is 7.11 Å². The van der Waals surface area contributed by atoms with Gasteiger partial charge in [-0.2, -0.15) is 5.10 Å². The summed E-state index contributed by atoms with van der Waals surface area (Å²) in [5.74, 6) is 1.97. The van der Waals surface area contributed by atoms with Gasteiger partial charge in [0.2, 0.25) is 0 Å². The molecule has 0 saturated heterocycles. The minimum Gasteiger partial charge on any atom is -0.492 e. The van der Waals surface area contributed by atoms with Crippen molar-refractivity contribution < 1.29 is 9.47 Å². The molecule has 1 aromatic heterocycles. The van der Waals surface area contributed by atoms with Crippen molar-refractivity contribution in [3.05, 3.63) is 40.4 Å². The van der Waals surface area contributed by atoms with Gasteiger partial charge in [-0.1, -0.05) is 18.2 Å². The molecule has 0 radical (unpaired) electrons. The lowest BCUT2D eigenvalue weighted by Crippen LogP contribution is -2.14. The average Bonchev–Trinajstić information content (AvgIpc) is 3.00. The Morgan fingerprint density at radius 2 is 2.37 bits per heavy atom. The van der Waals surface area contributed by atoms with Crippen molar-refractivity contribution in [1.29, 1.82) is 0 Å². The molecule has 0 amide bonds. The van der Waals surface area contributed by atoms with E-state index >= 15 is 0 Å². The van der Waals surface area contributed by atoms with Gasteiger partial charge in [-0.25, -0.2) is 0 Å². The Hall–Kier alpha value is -1.66. The maximum Gasteiger partial charge on any atom is 0.195 e. The number of para-hydroxylation sites is 1. The summed E-state index contributed by atoms with van der Waals surface area (Å²) in [5, 5.41) is 7.22. The van der Waals surface area contributed by atoms with Crippen molar-refractivity contribution in [2.45, 2.75) is 12.5 Å². The summed E-state index contributed by atoms with van der Waals surface area (Å²) in [4.78, 5) is 0. The average molecular weight is 277 g/mol. The van der Waals surface area contributed by atoms with E-state index in [1.807, 2.05) is 22.8 Å². The minimum atomic E-state index is 0.126. The van der Waals surface area contributed by atoms with Crippen LogP contribution < -0.4 is 4.74 Å². The molecule has 0 spiro atoms. The first kappa shape index (κ1) is 12.4. The van der Waals surface area contributed by atoms with Gasteiger partial charge in [0.15, 0.2) is 4.77 Å². The Bertz CT molecular complexity index is 635. The number of fused-ring (bicyclic) bond motifs is 1. The first-order valence-corrected chi connectivity index (χ1v) is 6.58. The van der Waals surface area contributed by atoms with Crippen molar-refractivity contribution in [1.82, 2.24) is 14.8 Å². The fourth-order valence-corrected chi connectivity index (χ4v) is 2.60. The highest BCUT2D eigenvalue weighted by Crippen LogP contribution is 2.36. The molecule has 2 aromatic rings. The summed E-state index contributed by atoms with van der Waals surface area (Å²) < 4.78 is 13.4. The molecule has 1 aliphatic rings. The number of methoxy groups -OCH3 is 1. The quantitative estimate of drug-likeness (QED) is 0.870. The highest BCUT2D eigenvalue weighted by molar-refractivity contribution is 7.71. The van der Waals surface area contributed by atoms with Crippen molar-refractivity contribution in [2.75, 3.05) is 20.3 Å². The zero-order chi connectivity index (χ0) is 13.2. The number of aromatic nitrogens is 3. The number of H-pyrrole nitrogens is 1. The zero-order valence-corrected chi connectivity index (χ0v) is 11.4. The van der Waals surface area contributed by atoms with Crippen LogP contribution in [0.3, 0.4) is 0 Å². The molecule has 1 aromatic carbocycles. The molecular formula is C13H15N3O2S. The van der Waals surface area contributed by atoms with Crippen molar-refractivity contribution >= 4 is 12.2 Å². The second kappa shape index (κ2) is 5.14. The third-order valence-corrected chi connectivity index (χ3v) is 3.63. The molecule has 100 valence electrons. The number of hydrogen-bond acceptors (Lipinski definition) is 4. The van der Waals surface area contributed by atoms with Gasteiger partial charge in [-0.05, 0) is 18.3 Å². The van der Waals surface area contributed by atoms with Gasteiger partial charge in [0.05, 0.1) is 19.1 Å². The van der Waals surface area contributed by atoms with Crippen LogP contribution in [-0.4, -0.2) is 35.1 Å². The third-order valence-electron chi connectivity index (χ3n) is 3.32. The highest BCUT2D eigenvalue weighted by atomic mass is 32.1. The molecule has 6 heteroatoms. The number of rotatable bonds is 4. The number of hydrogen-bond donors (Lipinski definition) is 1. The molecule has 3 rings (SSSR count). The van der Waals surface area contributed by atoms with Gasteiger partial charge in [0, 0.05) is 12.7 Å². The topological polar surface area (TPSA) is 52.1 Å². The van der Waals surface area contributed by atoms with E-state index in [4.69, 9.17) is 21.7 Å². The van der Waals surface area contributed by atoms with Crippen LogP contribution in [0.25, 0.3) is 0 Å². The fraction of sp³-hybridized carbons (Fsp3) is 0.385. The second-order valence-electron chi connectivity index (χ2n) is 4.43. The molecule has 1 atom stereocenters. The van der Waals surface area contributed by atoms with Crippen LogP contribution in [0.2, 0.25) is 0 Å². The molecule has 0 bridgehead atoms. The fourth-order valence-electron chi connectivity index (χ4n) is 2.37. The smallest absolute Gasteiger partial charge is 0.195 e. The number of nitrogens with zero attached hydrogens (tertiary/aromatic N) is 2. The molecule has 0 fully saturated rings. The standard InChI is InChI=1S/C13H15N3O2S/c1-17-7-6-16-12(14-15-13(16)19)10-8-18-11-5-3-2-4-9(10)11/h2-5,10H,6-8H2,1H3,(H,15,19). The largest absolute Gasteiger partial charge is 0.492 e. The lowest BCUT2D eigenvalue weighted by Gasteiger charge is -2.10. The van der Waals surface area contributed by atoms with Crippen LogP contribution in [0.5, 0.6) is 5.75 Å². The maximum atomic E-state index is 5.70. The maximum absolute atomic E-state index is 5.70. The van der Waals surface area contributed by atoms with E-state index in [9.17, 15) is 0 Å². The van der Waals surface area contributed by atoms with E-state index in [0.29, 0.717) is 24.5 Å². The van der Waals surface area contributed by atoms with E-state index in [2.05, 4.69) is 16.3 Å². The number of benzene rings is 1. The first-order valence-electron chi connectivity index (χ1n) is 6.17. The van der Waals surface area contributed by atoms with Crippen LogP contribution in [0.4, 0.5) is 0 Å². The van der Waals surface area contributed by atoms with Gasteiger partial charge in [0.25, 0.3) is 0 Å². The molecule has 0 aliphatic carbocycles. The van der Waals surface area contributed by atoms with E-state index in [-0.39, 0.29) is 5.92 Å². The van der Waals surface area contributed by atoms with Gasteiger partial charge < -0.3 is 14.0 Å². The lowest BCUT2D eigenvalue weighted by atomic mass is 10.0. The van der Waals surface area contributed by atoms with Gasteiger partial charge >= 0.3 is 0 Å². The van der Waals surface area contributed by atoms with Crippen LogP contribution in [0.1, 0.15) is 17.3 Å². The SMILES string of the molecule is COCCn1c(C2COc3ccccc32)n[nH]c1=S. The Morgan fingerprint density at radius 3 is 3.21 bits per heavy atom. The van der Waals surface area contributed by atoms with Crippen molar-refractivity contribution in [3.63, 3.8) is 0 Å². The molecule has 19 heavy (non-hydrogen) atoms. The summed E-state index contributed by atoms with van der Waals surface area (Å²) in [6.07, 6.45) is 0. The molecule has 1 unspecified atom stereocenters. The summed E-state index contributed by atoms with van der Waals surface area (Å²) >= 11 is 5.27.